The number of methoxy groups -OCH3 is 2. The molecule has 88 valence electrons. The number of carbonyl (C=O) groups is 1. The van der Waals surface area contributed by atoms with E-state index < -0.39 is 0 Å². The molecule has 0 unspecified atom stereocenters. The number of thioether (sulfide) groups is 1. The van der Waals surface area contributed by atoms with Crippen LogP contribution >= 0.6 is 11.8 Å². The molecule has 0 saturated heterocycles. The second-order valence-corrected chi connectivity index (χ2v) is 4.18. The summed E-state index contributed by atoms with van der Waals surface area (Å²) in [4.78, 5) is 12.2. The van der Waals surface area contributed by atoms with E-state index in [0.717, 1.165) is 22.0 Å². The molecule has 0 aromatic heterocycles. The summed E-state index contributed by atoms with van der Waals surface area (Å²) in [5, 5.41) is 0. The highest BCUT2D eigenvalue weighted by molar-refractivity contribution is 7.98. The van der Waals surface area contributed by atoms with Crippen molar-refractivity contribution in [2.75, 3.05) is 20.5 Å². The predicted octanol–water partition coefficient (Wildman–Crippen LogP) is 2.56. The molecule has 0 radical (unpaired) electrons. The molecule has 0 amide bonds. The Morgan fingerprint density at radius 2 is 1.81 bits per heavy atom. The number of rotatable bonds is 5. The molecule has 0 aliphatic carbocycles. The first-order chi connectivity index (χ1) is 7.63. The first-order valence-corrected chi connectivity index (χ1v) is 6.13. The second-order valence-electron chi connectivity index (χ2n) is 3.36. The van der Waals surface area contributed by atoms with Crippen LogP contribution in [0.5, 0.6) is 11.5 Å². The van der Waals surface area contributed by atoms with E-state index in [9.17, 15) is 4.79 Å². The zero-order chi connectivity index (χ0) is 12.1. The molecule has 0 N–H and O–H groups in total. The molecule has 1 aromatic carbocycles. The van der Waals surface area contributed by atoms with Crippen LogP contribution in [0.4, 0.5) is 0 Å². The average molecular weight is 240 g/mol. The fraction of sp³-hybridized carbons (Fsp3) is 0.417. The van der Waals surface area contributed by atoms with Crippen LogP contribution in [0.1, 0.15) is 12.5 Å². The van der Waals surface area contributed by atoms with E-state index in [1.54, 1.807) is 32.9 Å². The Morgan fingerprint density at radius 1 is 1.25 bits per heavy atom. The van der Waals surface area contributed by atoms with E-state index >= 15 is 0 Å². The van der Waals surface area contributed by atoms with Crippen molar-refractivity contribution in [3.05, 3.63) is 17.7 Å². The SMILES string of the molecule is COc1ccc(OC)c(SC)c1CC(C)=O. The first kappa shape index (κ1) is 12.9. The Labute approximate surface area is 100 Å². The molecule has 0 saturated carbocycles. The van der Waals surface area contributed by atoms with Crippen LogP contribution in [-0.2, 0) is 11.2 Å². The second kappa shape index (κ2) is 5.80. The summed E-state index contributed by atoms with van der Waals surface area (Å²) in [6.45, 7) is 1.57. The number of hydrogen-bond acceptors (Lipinski definition) is 4. The summed E-state index contributed by atoms with van der Waals surface area (Å²) < 4.78 is 10.5. The minimum atomic E-state index is 0.113. The van der Waals surface area contributed by atoms with Crippen molar-refractivity contribution in [2.24, 2.45) is 0 Å². The molecule has 0 bridgehead atoms. The average Bonchev–Trinajstić information content (AvgIpc) is 2.27. The van der Waals surface area contributed by atoms with Crippen LogP contribution < -0.4 is 9.47 Å². The number of Topliss-reactive ketones (excluding diaryl/α,β-unsaturated/α-hetero) is 1. The Bertz CT molecular complexity index is 388. The van der Waals surface area contributed by atoms with Crippen molar-refractivity contribution >= 4 is 17.5 Å². The van der Waals surface area contributed by atoms with Crippen LogP contribution in [0.2, 0.25) is 0 Å². The van der Waals surface area contributed by atoms with Crippen LogP contribution in [0.25, 0.3) is 0 Å². The van der Waals surface area contributed by atoms with E-state index in [-0.39, 0.29) is 5.78 Å². The van der Waals surface area contributed by atoms with Crippen molar-refractivity contribution in [3.8, 4) is 11.5 Å². The third-order valence-corrected chi connectivity index (χ3v) is 3.11. The van der Waals surface area contributed by atoms with E-state index in [1.807, 2.05) is 18.4 Å². The summed E-state index contributed by atoms with van der Waals surface area (Å²) >= 11 is 1.56. The quantitative estimate of drug-likeness (QED) is 0.741. The van der Waals surface area contributed by atoms with Gasteiger partial charge >= 0.3 is 0 Å². The smallest absolute Gasteiger partial charge is 0.134 e. The molecule has 3 nitrogen and oxygen atoms in total. The fourth-order valence-electron chi connectivity index (χ4n) is 1.58. The molecular formula is C12H16O3S. The molecule has 0 heterocycles. The maximum Gasteiger partial charge on any atom is 0.134 e. The van der Waals surface area contributed by atoms with E-state index in [4.69, 9.17) is 9.47 Å². The Hall–Kier alpha value is -1.16. The summed E-state index contributed by atoms with van der Waals surface area (Å²) in [5.41, 5.74) is 0.904. The fourth-order valence-corrected chi connectivity index (χ4v) is 2.35. The van der Waals surface area contributed by atoms with Gasteiger partial charge in [0.05, 0.1) is 19.1 Å². The summed E-state index contributed by atoms with van der Waals surface area (Å²) in [7, 11) is 3.23. The first-order valence-electron chi connectivity index (χ1n) is 4.91. The number of ketones is 1. The lowest BCUT2D eigenvalue weighted by Crippen LogP contribution is -2.02. The van der Waals surface area contributed by atoms with Gasteiger partial charge in [-0.25, -0.2) is 0 Å². The Balaban J connectivity index is 3.30. The molecule has 1 aromatic rings. The van der Waals surface area contributed by atoms with Gasteiger partial charge in [0.2, 0.25) is 0 Å². The molecule has 4 heteroatoms. The zero-order valence-corrected chi connectivity index (χ0v) is 10.8. The number of carbonyl (C=O) groups excluding carboxylic acids is 1. The van der Waals surface area contributed by atoms with Crippen LogP contribution in [0, 0.1) is 0 Å². The summed E-state index contributed by atoms with van der Waals surface area (Å²) in [6.07, 6.45) is 2.33. The minimum Gasteiger partial charge on any atom is -0.496 e. The van der Waals surface area contributed by atoms with E-state index in [1.165, 1.54) is 0 Å². The largest absolute Gasteiger partial charge is 0.496 e. The highest BCUT2D eigenvalue weighted by atomic mass is 32.2. The van der Waals surface area contributed by atoms with Gasteiger partial charge in [0.25, 0.3) is 0 Å². The highest BCUT2D eigenvalue weighted by Gasteiger charge is 2.15. The summed E-state index contributed by atoms with van der Waals surface area (Å²) in [5.74, 6) is 1.63. The Kier molecular flexibility index (Phi) is 4.68. The maximum absolute atomic E-state index is 11.2. The van der Waals surface area contributed by atoms with Gasteiger partial charge in [0.1, 0.15) is 17.3 Å². The lowest BCUT2D eigenvalue weighted by atomic mass is 10.1. The number of benzene rings is 1. The zero-order valence-electron chi connectivity index (χ0n) is 9.99. The molecule has 0 aliphatic rings. The van der Waals surface area contributed by atoms with Gasteiger partial charge in [-0.1, -0.05) is 0 Å². The molecule has 0 spiro atoms. The third kappa shape index (κ3) is 2.70. The standard InChI is InChI=1S/C12H16O3S/c1-8(13)7-9-10(14-2)5-6-11(15-3)12(9)16-4/h5-6H,7H2,1-4H3. The van der Waals surface area contributed by atoms with Gasteiger partial charge in [-0.05, 0) is 25.3 Å². The van der Waals surface area contributed by atoms with Crippen molar-refractivity contribution in [1.82, 2.24) is 0 Å². The lowest BCUT2D eigenvalue weighted by molar-refractivity contribution is -0.116. The Morgan fingerprint density at radius 3 is 2.25 bits per heavy atom. The molecule has 16 heavy (non-hydrogen) atoms. The van der Waals surface area contributed by atoms with Crippen LogP contribution in [0.15, 0.2) is 17.0 Å². The topological polar surface area (TPSA) is 35.5 Å². The summed E-state index contributed by atoms with van der Waals surface area (Å²) in [6, 6.07) is 3.69. The third-order valence-electron chi connectivity index (χ3n) is 2.25. The van der Waals surface area contributed by atoms with Crippen molar-refractivity contribution in [1.29, 1.82) is 0 Å². The lowest BCUT2D eigenvalue weighted by Gasteiger charge is -2.14. The molecule has 0 atom stereocenters. The molecular weight excluding hydrogens is 224 g/mol. The van der Waals surface area contributed by atoms with Gasteiger partial charge in [-0.2, -0.15) is 0 Å². The minimum absolute atomic E-state index is 0.113. The van der Waals surface area contributed by atoms with Crippen molar-refractivity contribution in [2.45, 2.75) is 18.2 Å². The van der Waals surface area contributed by atoms with Crippen LogP contribution in [0.3, 0.4) is 0 Å². The van der Waals surface area contributed by atoms with Gasteiger partial charge in [-0.3, -0.25) is 4.79 Å². The van der Waals surface area contributed by atoms with Gasteiger partial charge in [0, 0.05) is 12.0 Å². The highest BCUT2D eigenvalue weighted by Crippen LogP contribution is 2.37. The van der Waals surface area contributed by atoms with Gasteiger partial charge in [0.15, 0.2) is 0 Å². The monoisotopic (exact) mass is 240 g/mol. The van der Waals surface area contributed by atoms with E-state index in [0.29, 0.717) is 6.42 Å². The van der Waals surface area contributed by atoms with Crippen molar-refractivity contribution < 1.29 is 14.3 Å². The van der Waals surface area contributed by atoms with Crippen LogP contribution in [-0.4, -0.2) is 26.3 Å². The number of hydrogen-bond donors (Lipinski definition) is 0. The maximum atomic E-state index is 11.2. The molecule has 0 fully saturated rings. The normalized spacial score (nSPS) is 10.0. The van der Waals surface area contributed by atoms with E-state index in [2.05, 4.69) is 0 Å². The molecule has 0 aliphatic heterocycles. The van der Waals surface area contributed by atoms with Gasteiger partial charge < -0.3 is 9.47 Å². The van der Waals surface area contributed by atoms with Gasteiger partial charge in [-0.15, -0.1) is 11.8 Å². The number of ether oxygens (including phenoxy) is 2. The predicted molar refractivity (Wildman–Crippen MR) is 65.7 cm³/mol. The molecule has 1 rings (SSSR count). The van der Waals surface area contributed by atoms with Crippen molar-refractivity contribution in [3.63, 3.8) is 0 Å².